The second-order valence-electron chi connectivity index (χ2n) is 4.77. The van der Waals surface area contributed by atoms with E-state index in [2.05, 4.69) is 0 Å². The van der Waals surface area contributed by atoms with E-state index in [-0.39, 0.29) is 17.9 Å². The van der Waals surface area contributed by atoms with Gasteiger partial charge in [0.1, 0.15) is 0 Å². The van der Waals surface area contributed by atoms with Crippen molar-refractivity contribution in [1.29, 1.82) is 0 Å². The van der Waals surface area contributed by atoms with Gasteiger partial charge in [-0.1, -0.05) is 0 Å². The molecular formula is C12H19NO4. The molecule has 5 heteroatoms. The van der Waals surface area contributed by atoms with E-state index in [9.17, 15) is 9.59 Å². The Labute approximate surface area is 101 Å². The fraction of sp³-hybridized carbons (Fsp3) is 0.833. The molecule has 2 rings (SSSR count). The summed E-state index contributed by atoms with van der Waals surface area (Å²) in [5.74, 6) is -1.52. The van der Waals surface area contributed by atoms with Gasteiger partial charge in [0.05, 0.1) is 17.9 Å². The van der Waals surface area contributed by atoms with Crippen LogP contribution in [0.5, 0.6) is 0 Å². The molecule has 1 N–H and O–H groups in total. The lowest BCUT2D eigenvalue weighted by atomic mass is 10.1. The van der Waals surface area contributed by atoms with Crippen LogP contribution in [0.25, 0.3) is 0 Å². The second kappa shape index (κ2) is 5.04. The summed E-state index contributed by atoms with van der Waals surface area (Å²) >= 11 is 0. The molecule has 1 saturated heterocycles. The van der Waals surface area contributed by atoms with Gasteiger partial charge in [-0.25, -0.2) is 0 Å². The van der Waals surface area contributed by atoms with Gasteiger partial charge in [0.2, 0.25) is 5.91 Å². The first-order valence-electron chi connectivity index (χ1n) is 6.26. The van der Waals surface area contributed by atoms with Gasteiger partial charge in [-0.2, -0.15) is 0 Å². The molecule has 0 bridgehead atoms. The molecule has 1 amide bonds. The minimum atomic E-state index is -0.840. The molecule has 0 aromatic carbocycles. The van der Waals surface area contributed by atoms with E-state index in [0.29, 0.717) is 26.1 Å². The number of carbonyl (C=O) groups is 2. The minimum Gasteiger partial charge on any atom is -0.481 e. The van der Waals surface area contributed by atoms with Crippen LogP contribution < -0.4 is 0 Å². The van der Waals surface area contributed by atoms with Crippen LogP contribution in [0.1, 0.15) is 26.2 Å². The van der Waals surface area contributed by atoms with Crippen molar-refractivity contribution >= 4 is 11.9 Å². The van der Waals surface area contributed by atoms with Crippen LogP contribution in [0.3, 0.4) is 0 Å². The summed E-state index contributed by atoms with van der Waals surface area (Å²) < 4.78 is 5.51. The number of hydrogen-bond acceptors (Lipinski definition) is 3. The van der Waals surface area contributed by atoms with Gasteiger partial charge in [-0.15, -0.1) is 0 Å². The molecule has 1 heterocycles. The Bertz CT molecular complexity index is 310. The molecule has 5 nitrogen and oxygen atoms in total. The number of hydrogen-bond donors (Lipinski definition) is 1. The first-order valence-corrected chi connectivity index (χ1v) is 6.26. The van der Waals surface area contributed by atoms with Crippen molar-refractivity contribution in [2.24, 2.45) is 11.8 Å². The van der Waals surface area contributed by atoms with Crippen LogP contribution in [0.15, 0.2) is 0 Å². The lowest BCUT2D eigenvalue weighted by molar-refractivity contribution is -0.142. The van der Waals surface area contributed by atoms with Crippen molar-refractivity contribution in [3.05, 3.63) is 0 Å². The summed E-state index contributed by atoms with van der Waals surface area (Å²) in [5.41, 5.74) is 0. The van der Waals surface area contributed by atoms with Gasteiger partial charge >= 0.3 is 5.97 Å². The van der Waals surface area contributed by atoms with E-state index in [1.165, 1.54) is 0 Å². The fourth-order valence-electron chi connectivity index (χ4n) is 2.45. The maximum atomic E-state index is 12.0. The Balaban J connectivity index is 1.78. The highest BCUT2D eigenvalue weighted by atomic mass is 16.5. The van der Waals surface area contributed by atoms with E-state index >= 15 is 0 Å². The maximum absolute atomic E-state index is 12.0. The average Bonchev–Trinajstić information content (AvgIpc) is 3.09. The zero-order chi connectivity index (χ0) is 12.4. The van der Waals surface area contributed by atoms with Crippen molar-refractivity contribution in [1.82, 2.24) is 4.90 Å². The first-order chi connectivity index (χ1) is 8.13. The van der Waals surface area contributed by atoms with Crippen molar-refractivity contribution in [3.8, 4) is 0 Å². The van der Waals surface area contributed by atoms with E-state index in [1.54, 1.807) is 4.90 Å². The predicted octanol–water partition coefficient (Wildman–Crippen LogP) is 0.735. The molecule has 2 aliphatic rings. The first kappa shape index (κ1) is 12.4. The summed E-state index contributed by atoms with van der Waals surface area (Å²) in [5, 5.41) is 8.79. The van der Waals surface area contributed by atoms with Crippen LogP contribution in [0, 0.1) is 11.8 Å². The van der Waals surface area contributed by atoms with E-state index in [4.69, 9.17) is 9.84 Å². The van der Waals surface area contributed by atoms with Gasteiger partial charge in [0.25, 0.3) is 0 Å². The number of amides is 1. The molecule has 17 heavy (non-hydrogen) atoms. The summed E-state index contributed by atoms with van der Waals surface area (Å²) in [6.45, 7) is 4.08. The summed E-state index contributed by atoms with van der Waals surface area (Å²) in [7, 11) is 0. The highest BCUT2D eigenvalue weighted by molar-refractivity contribution is 5.89. The Morgan fingerprint density at radius 3 is 2.41 bits per heavy atom. The highest BCUT2D eigenvalue weighted by Gasteiger charge is 2.50. The number of piperidine rings is 1. The van der Waals surface area contributed by atoms with Crippen molar-refractivity contribution in [2.75, 3.05) is 19.7 Å². The van der Waals surface area contributed by atoms with Crippen LogP contribution in [-0.2, 0) is 14.3 Å². The lowest BCUT2D eigenvalue weighted by Crippen LogP contribution is -2.42. The van der Waals surface area contributed by atoms with Crippen LogP contribution in [0.2, 0.25) is 0 Å². The number of likely N-dealkylation sites (tertiary alicyclic amines) is 1. The topological polar surface area (TPSA) is 66.8 Å². The Morgan fingerprint density at radius 1 is 1.29 bits per heavy atom. The molecular weight excluding hydrogens is 222 g/mol. The smallest absolute Gasteiger partial charge is 0.307 e. The molecule has 1 aliphatic heterocycles. The highest BCUT2D eigenvalue weighted by Crippen LogP contribution is 2.40. The molecule has 1 aliphatic carbocycles. The number of aliphatic carboxylic acids is 1. The quantitative estimate of drug-likeness (QED) is 0.788. The SMILES string of the molecule is CCOC1CCN(C(=O)C2CC2C(=O)O)CC1. The number of nitrogens with zero attached hydrogens (tertiary/aromatic N) is 1. The molecule has 2 fully saturated rings. The van der Waals surface area contributed by atoms with Crippen LogP contribution >= 0.6 is 0 Å². The summed E-state index contributed by atoms with van der Waals surface area (Å²) in [4.78, 5) is 24.5. The Kier molecular flexibility index (Phi) is 3.66. The third kappa shape index (κ3) is 2.77. The minimum absolute atomic E-state index is 0.0207. The van der Waals surface area contributed by atoms with Gasteiger partial charge in [-0.05, 0) is 26.2 Å². The average molecular weight is 241 g/mol. The third-order valence-electron chi connectivity index (χ3n) is 3.58. The number of carboxylic acid groups (broad SMARTS) is 1. The second-order valence-corrected chi connectivity index (χ2v) is 4.77. The van der Waals surface area contributed by atoms with Gasteiger partial charge < -0.3 is 14.7 Å². The molecule has 0 aromatic rings. The monoisotopic (exact) mass is 241 g/mol. The van der Waals surface area contributed by atoms with Crippen LogP contribution in [0.4, 0.5) is 0 Å². The fourth-order valence-corrected chi connectivity index (χ4v) is 2.45. The largest absolute Gasteiger partial charge is 0.481 e. The van der Waals surface area contributed by atoms with Gasteiger partial charge in [-0.3, -0.25) is 9.59 Å². The standard InChI is InChI=1S/C12H19NO4/c1-2-17-8-3-5-13(6-4-8)11(14)9-7-10(9)12(15)16/h8-10H,2-7H2,1H3,(H,15,16). The normalized spacial score (nSPS) is 29.1. The summed E-state index contributed by atoms with van der Waals surface area (Å²) in [6, 6.07) is 0. The number of carbonyl (C=O) groups excluding carboxylic acids is 1. The predicted molar refractivity (Wildman–Crippen MR) is 60.5 cm³/mol. The summed E-state index contributed by atoms with van der Waals surface area (Å²) in [6.07, 6.45) is 2.51. The zero-order valence-corrected chi connectivity index (χ0v) is 10.1. The molecule has 2 atom stereocenters. The van der Waals surface area contributed by atoms with E-state index in [0.717, 1.165) is 12.8 Å². The molecule has 2 unspecified atom stereocenters. The number of ether oxygens (including phenoxy) is 1. The van der Waals surface area contributed by atoms with Crippen molar-refractivity contribution in [2.45, 2.75) is 32.3 Å². The number of rotatable bonds is 4. The third-order valence-corrected chi connectivity index (χ3v) is 3.58. The Hall–Kier alpha value is -1.10. The molecule has 1 saturated carbocycles. The Morgan fingerprint density at radius 2 is 1.94 bits per heavy atom. The van der Waals surface area contributed by atoms with E-state index in [1.807, 2.05) is 6.92 Å². The molecule has 0 radical (unpaired) electrons. The molecule has 0 aromatic heterocycles. The lowest BCUT2D eigenvalue weighted by Gasteiger charge is -2.32. The number of carboxylic acids is 1. The van der Waals surface area contributed by atoms with Gasteiger partial charge in [0.15, 0.2) is 0 Å². The van der Waals surface area contributed by atoms with Gasteiger partial charge in [0, 0.05) is 19.7 Å². The van der Waals surface area contributed by atoms with Crippen molar-refractivity contribution < 1.29 is 19.4 Å². The zero-order valence-electron chi connectivity index (χ0n) is 10.1. The maximum Gasteiger partial charge on any atom is 0.307 e. The van der Waals surface area contributed by atoms with Crippen molar-refractivity contribution in [3.63, 3.8) is 0 Å². The molecule has 0 spiro atoms. The van der Waals surface area contributed by atoms with E-state index < -0.39 is 11.9 Å². The van der Waals surface area contributed by atoms with Crippen LogP contribution in [-0.4, -0.2) is 47.7 Å². The molecule has 96 valence electrons.